The van der Waals surface area contributed by atoms with E-state index in [1.165, 1.54) is 6.08 Å². The topological polar surface area (TPSA) is 79.6 Å². The maximum Gasteiger partial charge on any atom is 0.319 e. The molecule has 9 nitrogen and oxygen atoms in total. The second kappa shape index (κ2) is 11.3. The molecular weight excluding hydrogens is 588 g/mol. The van der Waals surface area contributed by atoms with Gasteiger partial charge in [0, 0.05) is 73.8 Å². The van der Waals surface area contributed by atoms with Gasteiger partial charge in [-0.15, -0.1) is 0 Å². The number of nitrogens with zero attached hydrogens (tertiary/aromatic N) is 7. The maximum atomic E-state index is 16.9. The molecule has 4 aromatic rings. The molecule has 0 saturated carbocycles. The third-order valence-corrected chi connectivity index (χ3v) is 8.96. The van der Waals surface area contributed by atoms with Gasteiger partial charge in [-0.3, -0.25) is 14.4 Å². The summed E-state index contributed by atoms with van der Waals surface area (Å²) in [5, 5.41) is 5.90. The number of alkyl halides is 1. The van der Waals surface area contributed by atoms with Crippen molar-refractivity contribution in [3.8, 4) is 17.1 Å². The molecule has 232 valence electrons. The molecule has 2 aromatic carbocycles. The minimum atomic E-state index is -1.19. The van der Waals surface area contributed by atoms with E-state index in [0.29, 0.717) is 49.5 Å². The molecule has 0 aliphatic carbocycles. The van der Waals surface area contributed by atoms with Gasteiger partial charge in [-0.2, -0.15) is 15.1 Å². The van der Waals surface area contributed by atoms with E-state index in [9.17, 15) is 9.18 Å². The van der Waals surface area contributed by atoms with Crippen LogP contribution in [0.5, 0.6) is 6.01 Å². The highest BCUT2D eigenvalue weighted by atomic mass is 35.5. The van der Waals surface area contributed by atoms with Crippen LogP contribution in [0.1, 0.15) is 26.3 Å². The van der Waals surface area contributed by atoms with Crippen molar-refractivity contribution in [2.24, 2.45) is 7.05 Å². The number of fused-ring (bicyclic) bond motifs is 2. The Labute approximate surface area is 260 Å². The third-order valence-electron chi connectivity index (χ3n) is 8.66. The summed E-state index contributed by atoms with van der Waals surface area (Å²) < 4.78 is 38.6. The number of amides is 1. The number of aromatic nitrogens is 4. The van der Waals surface area contributed by atoms with Gasteiger partial charge in [0.1, 0.15) is 23.6 Å². The molecule has 6 rings (SSSR count). The summed E-state index contributed by atoms with van der Waals surface area (Å²) in [5.41, 5.74) is 1.35. The summed E-state index contributed by atoms with van der Waals surface area (Å²) in [4.78, 5) is 27.6. The number of aryl methyl sites for hydroxylation is 2. The molecule has 0 radical (unpaired) electrons. The van der Waals surface area contributed by atoms with Crippen molar-refractivity contribution < 1.29 is 18.3 Å². The second-order valence-corrected chi connectivity index (χ2v) is 12.7. The van der Waals surface area contributed by atoms with Crippen molar-refractivity contribution in [1.82, 2.24) is 29.5 Å². The Morgan fingerprint density at radius 1 is 1.20 bits per heavy atom. The fourth-order valence-electron chi connectivity index (χ4n) is 6.51. The largest absolute Gasteiger partial charge is 0.462 e. The first-order valence-corrected chi connectivity index (χ1v) is 15.1. The van der Waals surface area contributed by atoms with Gasteiger partial charge in [0.15, 0.2) is 5.82 Å². The molecule has 12 heteroatoms. The van der Waals surface area contributed by atoms with Gasteiger partial charge >= 0.3 is 6.01 Å². The molecule has 44 heavy (non-hydrogen) atoms. The zero-order chi connectivity index (χ0) is 31.5. The molecule has 0 bridgehead atoms. The van der Waals surface area contributed by atoms with Crippen molar-refractivity contribution >= 4 is 45.1 Å². The van der Waals surface area contributed by atoms with E-state index in [2.05, 4.69) is 16.7 Å². The molecule has 0 unspecified atom stereocenters. The Bertz CT molecular complexity index is 1780. The van der Waals surface area contributed by atoms with Crippen molar-refractivity contribution in [3.63, 3.8) is 0 Å². The Balaban J connectivity index is 1.47. The van der Waals surface area contributed by atoms with Crippen LogP contribution in [0.25, 0.3) is 32.9 Å². The van der Waals surface area contributed by atoms with Crippen LogP contribution in [-0.2, 0) is 11.8 Å². The van der Waals surface area contributed by atoms with Crippen molar-refractivity contribution in [2.75, 3.05) is 44.2 Å². The van der Waals surface area contributed by atoms with E-state index in [1.54, 1.807) is 28.8 Å². The molecule has 1 amide bonds. The third kappa shape index (κ3) is 5.26. The number of hydrogen-bond acceptors (Lipinski definition) is 7. The van der Waals surface area contributed by atoms with Crippen molar-refractivity contribution in [1.29, 1.82) is 0 Å². The summed E-state index contributed by atoms with van der Waals surface area (Å²) in [6, 6.07) is 5.29. The highest BCUT2D eigenvalue weighted by Gasteiger charge is 2.38. The molecule has 0 N–H and O–H groups in total. The maximum absolute atomic E-state index is 16.9. The normalized spacial score (nSPS) is 20.3. The molecule has 2 atom stereocenters. The number of halogens is 3. The molecule has 2 fully saturated rings. The van der Waals surface area contributed by atoms with Crippen LogP contribution in [0.3, 0.4) is 0 Å². The SMILES string of the molecule is C=CC(=O)N1C[C@H](C)N(c2nc(OCCN3CC(C)(F)C3)nc3c(F)c(-c4c(C)ccc5cnn(C)c45)c(Cl)cc23)C[C@H]1C. The average Bonchev–Trinajstić information content (AvgIpc) is 3.34. The van der Waals surface area contributed by atoms with E-state index < -0.39 is 11.5 Å². The van der Waals surface area contributed by atoms with Crippen LogP contribution in [0.15, 0.2) is 37.1 Å². The van der Waals surface area contributed by atoms with Gasteiger partial charge < -0.3 is 14.5 Å². The number of anilines is 1. The lowest BCUT2D eigenvalue weighted by molar-refractivity contribution is -0.128. The molecular formula is C32H36ClF2N7O2. The lowest BCUT2D eigenvalue weighted by Gasteiger charge is -2.44. The van der Waals surface area contributed by atoms with Gasteiger partial charge in [-0.25, -0.2) is 8.78 Å². The number of hydrogen-bond donors (Lipinski definition) is 0. The summed E-state index contributed by atoms with van der Waals surface area (Å²) in [6.07, 6.45) is 3.05. The van der Waals surface area contributed by atoms with E-state index in [1.807, 2.05) is 49.8 Å². The van der Waals surface area contributed by atoms with Gasteiger partial charge in [0.05, 0.1) is 16.7 Å². The van der Waals surface area contributed by atoms with Crippen molar-refractivity contribution in [2.45, 2.75) is 45.4 Å². The Morgan fingerprint density at radius 3 is 2.66 bits per heavy atom. The van der Waals surface area contributed by atoms with E-state index in [0.717, 1.165) is 16.5 Å². The average molecular weight is 624 g/mol. The second-order valence-electron chi connectivity index (χ2n) is 12.3. The quantitative estimate of drug-likeness (QED) is 0.258. The van der Waals surface area contributed by atoms with Gasteiger partial charge in [0.25, 0.3) is 0 Å². The Hall–Kier alpha value is -3.83. The monoisotopic (exact) mass is 623 g/mol. The molecule has 2 aliphatic rings. The fourth-order valence-corrected chi connectivity index (χ4v) is 6.80. The number of carbonyl (C=O) groups excluding carboxylic acids is 1. The molecule has 2 aromatic heterocycles. The van der Waals surface area contributed by atoms with E-state index >= 15 is 4.39 Å². The zero-order valence-corrected chi connectivity index (χ0v) is 26.3. The van der Waals surface area contributed by atoms with Crippen LogP contribution >= 0.6 is 11.6 Å². The van der Waals surface area contributed by atoms with Crippen LogP contribution in [-0.4, -0.2) is 92.5 Å². The number of benzene rings is 2. The fraction of sp³-hybridized carbons (Fsp3) is 0.438. The smallest absolute Gasteiger partial charge is 0.319 e. The van der Waals surface area contributed by atoms with Crippen molar-refractivity contribution in [3.05, 3.63) is 53.5 Å². The van der Waals surface area contributed by atoms with Gasteiger partial charge in [0.2, 0.25) is 5.91 Å². The van der Waals surface area contributed by atoms with Gasteiger partial charge in [-0.1, -0.05) is 30.3 Å². The Morgan fingerprint density at radius 2 is 1.95 bits per heavy atom. The standard InChI is InChI=1S/C32H36ClF2N7O2/c1-7-24(43)41-14-20(4)42(15-19(41)3)30-22-12-23(33)26(25-18(2)8-9-21-13-36-39(6)29(21)25)27(34)28(22)37-31(38-30)44-11-10-40-16-32(5,35)17-40/h7-9,12-13,19-20H,1,10-11,14-17H2,2-6H3/t19-,20+/m1/s1. The number of ether oxygens (including phenoxy) is 1. The van der Waals surface area contributed by atoms with E-state index in [-0.39, 0.29) is 46.7 Å². The minimum Gasteiger partial charge on any atom is -0.462 e. The summed E-state index contributed by atoms with van der Waals surface area (Å²) in [5.74, 6) is -0.262. The first-order chi connectivity index (χ1) is 20.9. The Kier molecular flexibility index (Phi) is 7.73. The lowest BCUT2D eigenvalue weighted by atomic mass is 9.96. The molecule has 2 saturated heterocycles. The highest BCUT2D eigenvalue weighted by Crippen LogP contribution is 2.43. The zero-order valence-electron chi connectivity index (χ0n) is 25.6. The molecule has 0 spiro atoms. The predicted molar refractivity (Wildman–Crippen MR) is 169 cm³/mol. The summed E-state index contributed by atoms with van der Waals surface area (Å²) in [6.45, 7) is 13.3. The van der Waals surface area contributed by atoms with Crippen LogP contribution < -0.4 is 9.64 Å². The van der Waals surface area contributed by atoms with E-state index in [4.69, 9.17) is 21.3 Å². The molecule has 4 heterocycles. The molecule has 2 aliphatic heterocycles. The number of piperazine rings is 1. The summed E-state index contributed by atoms with van der Waals surface area (Å²) in [7, 11) is 1.81. The van der Waals surface area contributed by atoms with Gasteiger partial charge in [-0.05, 0) is 45.4 Å². The van der Waals surface area contributed by atoms with Crippen LogP contribution in [0.4, 0.5) is 14.6 Å². The van der Waals surface area contributed by atoms with Crippen LogP contribution in [0, 0.1) is 12.7 Å². The van der Waals surface area contributed by atoms with Crippen LogP contribution in [0.2, 0.25) is 5.02 Å². The summed E-state index contributed by atoms with van der Waals surface area (Å²) >= 11 is 6.92. The number of rotatable bonds is 7. The number of likely N-dealkylation sites (tertiary alicyclic amines) is 1. The minimum absolute atomic E-state index is 0.0168. The number of carbonyl (C=O) groups is 1. The lowest BCUT2D eigenvalue weighted by Crippen LogP contribution is -2.58. The first kappa shape index (κ1) is 30.2. The first-order valence-electron chi connectivity index (χ1n) is 14.7. The highest BCUT2D eigenvalue weighted by molar-refractivity contribution is 6.35. The predicted octanol–water partition coefficient (Wildman–Crippen LogP) is 5.32.